The summed E-state index contributed by atoms with van der Waals surface area (Å²) in [6.07, 6.45) is -2.00. The van der Waals surface area contributed by atoms with Crippen LogP contribution in [0.15, 0.2) is 132 Å². The number of thioether (sulfide) groups is 1. The van der Waals surface area contributed by atoms with Crippen molar-refractivity contribution < 1.29 is 23.7 Å². The van der Waals surface area contributed by atoms with Gasteiger partial charge in [0.25, 0.3) is 0 Å². The Balaban J connectivity index is 1.20. The van der Waals surface area contributed by atoms with Crippen molar-refractivity contribution in [3.63, 3.8) is 0 Å². The van der Waals surface area contributed by atoms with Crippen LogP contribution in [0.3, 0.4) is 0 Å². The average Bonchev–Trinajstić information content (AvgIpc) is 3.08. The number of ether oxygens (including phenoxy) is 5. The first-order valence-electron chi connectivity index (χ1n) is 15.2. The summed E-state index contributed by atoms with van der Waals surface area (Å²) >= 11 is 1.66. The Morgan fingerprint density at radius 3 is 2.14 bits per heavy atom. The average molecular weight is 605 g/mol. The Bertz CT molecular complexity index is 1650. The number of hydrogen-bond acceptors (Lipinski definition) is 6. The highest BCUT2D eigenvalue weighted by atomic mass is 32.2. The first-order chi connectivity index (χ1) is 21.7. The molecule has 5 nitrogen and oxygen atoms in total. The van der Waals surface area contributed by atoms with Gasteiger partial charge in [0.2, 0.25) is 0 Å². The molecule has 2 aliphatic heterocycles. The summed E-state index contributed by atoms with van der Waals surface area (Å²) in [5, 5.41) is 2.40. The first kappa shape index (κ1) is 29.2. The van der Waals surface area contributed by atoms with Gasteiger partial charge in [-0.2, -0.15) is 0 Å². The molecular weight excluding hydrogens is 568 g/mol. The molecule has 6 atom stereocenters. The summed E-state index contributed by atoms with van der Waals surface area (Å²) in [4.78, 5) is 1.11. The van der Waals surface area contributed by atoms with Crippen molar-refractivity contribution in [3.8, 4) is 0 Å². The topological polar surface area (TPSA) is 46.2 Å². The van der Waals surface area contributed by atoms with E-state index in [0.717, 1.165) is 21.6 Å². The van der Waals surface area contributed by atoms with Crippen LogP contribution in [-0.2, 0) is 36.9 Å². The highest BCUT2D eigenvalue weighted by Crippen LogP contribution is 2.41. The molecule has 2 aliphatic rings. The van der Waals surface area contributed by atoms with Crippen LogP contribution in [0.5, 0.6) is 0 Å². The lowest BCUT2D eigenvalue weighted by atomic mass is 9.98. The van der Waals surface area contributed by atoms with Crippen LogP contribution < -0.4 is 0 Å². The Morgan fingerprint density at radius 2 is 1.34 bits per heavy atom. The van der Waals surface area contributed by atoms with Gasteiger partial charge in [-0.05, 0) is 47.0 Å². The van der Waals surface area contributed by atoms with Gasteiger partial charge in [-0.15, -0.1) is 0 Å². The van der Waals surface area contributed by atoms with Gasteiger partial charge in [0.1, 0.15) is 29.9 Å². The smallest absolute Gasteiger partial charge is 0.184 e. The molecule has 0 amide bonds. The van der Waals surface area contributed by atoms with Crippen LogP contribution in [-0.4, -0.2) is 36.5 Å². The Labute approximate surface area is 263 Å². The monoisotopic (exact) mass is 604 g/mol. The third-order valence-corrected chi connectivity index (χ3v) is 9.33. The van der Waals surface area contributed by atoms with Crippen LogP contribution in [0.4, 0.5) is 0 Å². The molecule has 0 aliphatic carbocycles. The summed E-state index contributed by atoms with van der Waals surface area (Å²) in [7, 11) is 0. The van der Waals surface area contributed by atoms with Crippen LogP contribution in [0.1, 0.15) is 28.5 Å². The van der Waals surface area contributed by atoms with Crippen LogP contribution >= 0.6 is 11.8 Å². The summed E-state index contributed by atoms with van der Waals surface area (Å²) < 4.78 is 33.3. The SMILES string of the molecule is Cc1ccc(S[C@@H]2O[C@@H]3CO[C@@H](c4ccccc4)O[C@H]3[C@H](OCc3ccccc3)[C@H]2OCc2ccc3ccccc3c2)cc1. The number of aryl methyl sites for hydroxylation is 1. The van der Waals surface area contributed by atoms with Gasteiger partial charge in [-0.3, -0.25) is 0 Å². The Kier molecular flexibility index (Phi) is 9.07. The van der Waals surface area contributed by atoms with Gasteiger partial charge in [0.05, 0.1) is 19.8 Å². The molecule has 2 heterocycles. The van der Waals surface area contributed by atoms with Gasteiger partial charge in [0, 0.05) is 10.5 Å². The van der Waals surface area contributed by atoms with E-state index in [0.29, 0.717) is 19.8 Å². The van der Waals surface area contributed by atoms with E-state index in [1.165, 1.54) is 16.3 Å². The van der Waals surface area contributed by atoms with E-state index in [2.05, 4.69) is 85.8 Å². The summed E-state index contributed by atoms with van der Waals surface area (Å²) in [5.74, 6) is 0. The summed E-state index contributed by atoms with van der Waals surface area (Å²) in [6, 6.07) is 43.7. The minimum Gasteiger partial charge on any atom is -0.368 e. The number of hydrogen-bond donors (Lipinski definition) is 0. The fourth-order valence-electron chi connectivity index (χ4n) is 5.83. The van der Waals surface area contributed by atoms with Gasteiger partial charge in [0.15, 0.2) is 6.29 Å². The lowest BCUT2D eigenvalue weighted by Crippen LogP contribution is -2.62. The molecule has 0 spiro atoms. The normalized spacial score (nSPS) is 25.0. The molecule has 0 bridgehead atoms. The first-order valence-corrected chi connectivity index (χ1v) is 16.0. The molecule has 0 radical (unpaired) electrons. The lowest BCUT2D eigenvalue weighted by molar-refractivity contribution is -0.329. The molecule has 0 N–H and O–H groups in total. The van der Waals surface area contributed by atoms with Gasteiger partial charge >= 0.3 is 0 Å². The van der Waals surface area contributed by atoms with E-state index in [1.54, 1.807) is 11.8 Å². The van der Waals surface area contributed by atoms with E-state index >= 15 is 0 Å². The van der Waals surface area contributed by atoms with Gasteiger partial charge in [-0.1, -0.05) is 127 Å². The zero-order chi connectivity index (χ0) is 29.7. The quantitative estimate of drug-likeness (QED) is 0.169. The van der Waals surface area contributed by atoms with Crippen molar-refractivity contribution in [2.45, 2.75) is 61.2 Å². The molecule has 2 fully saturated rings. The number of fused-ring (bicyclic) bond motifs is 2. The minimum atomic E-state index is -0.508. The minimum absolute atomic E-state index is 0.306. The molecular formula is C38H36O5S. The van der Waals surface area contributed by atoms with E-state index < -0.39 is 18.5 Å². The third kappa shape index (κ3) is 6.76. The summed E-state index contributed by atoms with van der Waals surface area (Å²) in [6.45, 7) is 3.36. The predicted octanol–water partition coefficient (Wildman–Crippen LogP) is 8.25. The van der Waals surface area contributed by atoms with Gasteiger partial charge in [-0.25, -0.2) is 0 Å². The highest BCUT2D eigenvalue weighted by molar-refractivity contribution is 7.99. The van der Waals surface area contributed by atoms with Crippen molar-refractivity contribution in [1.82, 2.24) is 0 Å². The zero-order valence-corrected chi connectivity index (χ0v) is 25.5. The molecule has 5 aromatic rings. The van der Waals surface area contributed by atoms with Crippen molar-refractivity contribution in [2.75, 3.05) is 6.61 Å². The van der Waals surface area contributed by atoms with Crippen LogP contribution in [0, 0.1) is 6.92 Å². The third-order valence-electron chi connectivity index (χ3n) is 8.17. The molecule has 0 aromatic heterocycles. The molecule has 2 saturated heterocycles. The second kappa shape index (κ2) is 13.7. The lowest BCUT2D eigenvalue weighted by Gasteiger charge is -2.49. The largest absolute Gasteiger partial charge is 0.368 e. The maximum Gasteiger partial charge on any atom is 0.184 e. The fraction of sp³-hybridized carbons (Fsp3) is 0.263. The molecule has 7 rings (SSSR count). The number of rotatable bonds is 9. The second-order valence-electron chi connectivity index (χ2n) is 11.4. The van der Waals surface area contributed by atoms with Gasteiger partial charge < -0.3 is 23.7 Å². The Hall–Kier alpha value is -3.49. The molecule has 5 aromatic carbocycles. The van der Waals surface area contributed by atoms with Crippen LogP contribution in [0.25, 0.3) is 10.8 Å². The molecule has 44 heavy (non-hydrogen) atoms. The van der Waals surface area contributed by atoms with E-state index in [-0.39, 0.29) is 17.6 Å². The molecule has 0 saturated carbocycles. The summed E-state index contributed by atoms with van der Waals surface area (Å²) in [5.41, 5.74) is 4.05. The van der Waals surface area contributed by atoms with Crippen LogP contribution in [0.2, 0.25) is 0 Å². The second-order valence-corrected chi connectivity index (χ2v) is 12.5. The Morgan fingerprint density at radius 1 is 0.659 bits per heavy atom. The maximum absolute atomic E-state index is 6.83. The van der Waals surface area contributed by atoms with Crippen molar-refractivity contribution in [2.24, 2.45) is 0 Å². The fourth-order valence-corrected chi connectivity index (χ4v) is 6.95. The highest BCUT2D eigenvalue weighted by Gasteiger charge is 2.51. The number of benzene rings is 5. The predicted molar refractivity (Wildman–Crippen MR) is 173 cm³/mol. The van der Waals surface area contributed by atoms with E-state index in [4.69, 9.17) is 23.7 Å². The molecule has 6 heteroatoms. The van der Waals surface area contributed by atoms with E-state index in [1.807, 2.05) is 48.5 Å². The van der Waals surface area contributed by atoms with E-state index in [9.17, 15) is 0 Å². The van der Waals surface area contributed by atoms with Crippen molar-refractivity contribution in [3.05, 3.63) is 150 Å². The maximum atomic E-state index is 6.83. The van der Waals surface area contributed by atoms with Crippen molar-refractivity contribution in [1.29, 1.82) is 0 Å². The molecule has 0 unspecified atom stereocenters. The van der Waals surface area contributed by atoms with Crippen molar-refractivity contribution >= 4 is 22.5 Å². The zero-order valence-electron chi connectivity index (χ0n) is 24.7. The standard InChI is InChI=1S/C38H36O5S/c1-26-16-20-32(21-17-26)44-38-36(40-24-28-18-19-29-12-8-9-15-31(29)22-28)35(39-23-27-10-4-2-5-11-27)34-33(42-38)25-41-37(43-34)30-13-6-3-7-14-30/h2-22,33-38H,23-25H2,1H3/t33-,34-,35+,36-,37-,38+/m1/s1. The molecule has 224 valence electrons.